The molecule has 0 atom stereocenters. The third-order valence-electron chi connectivity index (χ3n) is 3.30. The summed E-state index contributed by atoms with van der Waals surface area (Å²) in [6.45, 7) is 7.70. The second-order valence-corrected chi connectivity index (χ2v) is 5.33. The summed E-state index contributed by atoms with van der Waals surface area (Å²) < 4.78 is 11.3. The Morgan fingerprint density at radius 2 is 2.05 bits per heavy atom. The highest BCUT2D eigenvalue weighted by molar-refractivity contribution is 5.98. The van der Waals surface area contributed by atoms with Gasteiger partial charge >= 0.3 is 0 Å². The Balaban J connectivity index is 2.64. The Hall–Kier alpha value is -1.77. The summed E-state index contributed by atoms with van der Waals surface area (Å²) in [5.74, 6) is 1.35. The number of Topliss-reactive ketones (excluding diaryl/α,β-unsaturated/α-hetero) is 1. The van der Waals surface area contributed by atoms with Gasteiger partial charge < -0.3 is 9.47 Å². The number of carbonyl (C=O) groups excluding carboxylic acids is 1. The Morgan fingerprint density at radius 3 is 2.58 bits per heavy atom. The lowest BCUT2D eigenvalue weighted by molar-refractivity contribution is 0.101. The van der Waals surface area contributed by atoms with Gasteiger partial charge in [-0.1, -0.05) is 6.92 Å². The summed E-state index contributed by atoms with van der Waals surface area (Å²) in [6.07, 6.45) is 3.02. The Bertz CT molecular complexity index is 553. The van der Waals surface area contributed by atoms with Crippen LogP contribution >= 0.6 is 0 Å². The SMILES string of the molecule is CCC1=CC(C)(C)Oc2cc(OC)c(C(C)=O)cc21. The topological polar surface area (TPSA) is 35.5 Å². The summed E-state index contributed by atoms with van der Waals surface area (Å²) in [7, 11) is 1.57. The van der Waals surface area contributed by atoms with E-state index in [1.165, 1.54) is 5.57 Å². The number of carbonyl (C=O) groups is 1. The third-order valence-corrected chi connectivity index (χ3v) is 3.30. The smallest absolute Gasteiger partial charge is 0.163 e. The molecule has 0 saturated heterocycles. The van der Waals surface area contributed by atoms with Crippen LogP contribution < -0.4 is 9.47 Å². The van der Waals surface area contributed by atoms with Crippen LogP contribution in [0.25, 0.3) is 5.57 Å². The van der Waals surface area contributed by atoms with E-state index in [-0.39, 0.29) is 11.4 Å². The number of ether oxygens (including phenoxy) is 2. The van der Waals surface area contributed by atoms with E-state index in [4.69, 9.17) is 9.47 Å². The van der Waals surface area contributed by atoms with Crippen molar-refractivity contribution in [3.05, 3.63) is 29.3 Å². The van der Waals surface area contributed by atoms with E-state index in [0.717, 1.165) is 17.7 Å². The molecular formula is C16H20O3. The molecule has 0 unspecified atom stereocenters. The molecule has 1 heterocycles. The van der Waals surface area contributed by atoms with Crippen molar-refractivity contribution in [3.8, 4) is 11.5 Å². The minimum Gasteiger partial charge on any atom is -0.496 e. The molecule has 1 aliphatic heterocycles. The summed E-state index contributed by atoms with van der Waals surface area (Å²) in [5.41, 5.74) is 2.47. The van der Waals surface area contributed by atoms with Gasteiger partial charge in [0.1, 0.15) is 17.1 Å². The van der Waals surface area contributed by atoms with E-state index in [0.29, 0.717) is 11.3 Å². The van der Waals surface area contributed by atoms with E-state index < -0.39 is 0 Å². The highest BCUT2D eigenvalue weighted by Gasteiger charge is 2.27. The first-order chi connectivity index (χ1) is 8.88. The molecule has 0 N–H and O–H groups in total. The van der Waals surface area contributed by atoms with Crippen molar-refractivity contribution in [2.24, 2.45) is 0 Å². The first-order valence-electron chi connectivity index (χ1n) is 6.52. The fourth-order valence-electron chi connectivity index (χ4n) is 2.44. The molecule has 0 fully saturated rings. The molecule has 0 spiro atoms. The molecule has 0 radical (unpaired) electrons. The summed E-state index contributed by atoms with van der Waals surface area (Å²) >= 11 is 0. The van der Waals surface area contributed by atoms with Gasteiger partial charge in [-0.15, -0.1) is 0 Å². The van der Waals surface area contributed by atoms with Crippen LogP contribution in [0.2, 0.25) is 0 Å². The second kappa shape index (κ2) is 4.72. The molecule has 3 heteroatoms. The van der Waals surface area contributed by atoms with Gasteiger partial charge in [-0.25, -0.2) is 0 Å². The van der Waals surface area contributed by atoms with Crippen LogP contribution in [0.4, 0.5) is 0 Å². The zero-order valence-electron chi connectivity index (χ0n) is 12.2. The fraction of sp³-hybridized carbons (Fsp3) is 0.438. The van der Waals surface area contributed by atoms with E-state index in [2.05, 4.69) is 13.0 Å². The lowest BCUT2D eigenvalue weighted by atomic mass is 9.91. The number of benzene rings is 1. The number of methoxy groups -OCH3 is 1. The van der Waals surface area contributed by atoms with Crippen molar-refractivity contribution in [1.29, 1.82) is 0 Å². The number of fused-ring (bicyclic) bond motifs is 1. The monoisotopic (exact) mass is 260 g/mol. The lowest BCUT2D eigenvalue weighted by Crippen LogP contribution is -2.29. The largest absolute Gasteiger partial charge is 0.496 e. The second-order valence-electron chi connectivity index (χ2n) is 5.33. The van der Waals surface area contributed by atoms with Crippen LogP contribution in [0.15, 0.2) is 18.2 Å². The normalized spacial score (nSPS) is 16.2. The molecule has 0 aliphatic carbocycles. The Morgan fingerprint density at radius 1 is 1.37 bits per heavy atom. The van der Waals surface area contributed by atoms with Crippen molar-refractivity contribution in [2.75, 3.05) is 7.11 Å². The molecule has 0 bridgehead atoms. The van der Waals surface area contributed by atoms with Gasteiger partial charge in [0.15, 0.2) is 5.78 Å². The molecule has 102 valence electrons. The maximum atomic E-state index is 11.7. The molecule has 1 aliphatic rings. The van der Waals surface area contributed by atoms with Gasteiger partial charge in [-0.3, -0.25) is 4.79 Å². The molecule has 1 aromatic rings. The van der Waals surface area contributed by atoms with Crippen molar-refractivity contribution < 1.29 is 14.3 Å². The van der Waals surface area contributed by atoms with E-state index in [9.17, 15) is 4.79 Å². The van der Waals surface area contributed by atoms with Crippen LogP contribution in [0.1, 0.15) is 50.0 Å². The molecule has 0 aromatic heterocycles. The van der Waals surface area contributed by atoms with Crippen LogP contribution in [0, 0.1) is 0 Å². The predicted octanol–water partition coefficient (Wildman–Crippen LogP) is 3.86. The molecule has 0 amide bonds. The summed E-state index contributed by atoms with van der Waals surface area (Å²) in [6, 6.07) is 3.69. The molecule has 3 nitrogen and oxygen atoms in total. The first kappa shape index (κ1) is 13.7. The highest BCUT2D eigenvalue weighted by atomic mass is 16.5. The van der Waals surface area contributed by atoms with Crippen molar-refractivity contribution in [2.45, 2.75) is 39.7 Å². The van der Waals surface area contributed by atoms with Crippen LogP contribution in [0.5, 0.6) is 11.5 Å². The van der Waals surface area contributed by atoms with Gasteiger partial charge in [0.25, 0.3) is 0 Å². The Labute approximate surface area is 114 Å². The quantitative estimate of drug-likeness (QED) is 0.774. The first-order valence-corrected chi connectivity index (χ1v) is 6.52. The van der Waals surface area contributed by atoms with Crippen LogP contribution in [-0.4, -0.2) is 18.5 Å². The molecule has 19 heavy (non-hydrogen) atoms. The highest BCUT2D eigenvalue weighted by Crippen LogP contribution is 2.41. The molecule has 0 saturated carbocycles. The number of hydrogen-bond donors (Lipinski definition) is 0. The van der Waals surface area contributed by atoms with Crippen molar-refractivity contribution in [3.63, 3.8) is 0 Å². The predicted molar refractivity (Wildman–Crippen MR) is 76.0 cm³/mol. The van der Waals surface area contributed by atoms with E-state index in [1.54, 1.807) is 14.0 Å². The molecule has 1 aromatic carbocycles. The van der Waals surface area contributed by atoms with E-state index in [1.807, 2.05) is 26.0 Å². The van der Waals surface area contributed by atoms with Gasteiger partial charge in [0, 0.05) is 11.6 Å². The van der Waals surface area contributed by atoms with Crippen molar-refractivity contribution >= 4 is 11.4 Å². The van der Waals surface area contributed by atoms with Gasteiger partial charge in [-0.05, 0) is 44.9 Å². The standard InChI is InChI=1S/C16H20O3/c1-6-11-9-16(3,4)19-15-8-14(18-5)12(10(2)17)7-13(11)15/h7-9H,6H2,1-5H3. The third kappa shape index (κ3) is 2.50. The maximum absolute atomic E-state index is 11.7. The molecule has 2 rings (SSSR count). The minimum absolute atomic E-state index is 0.0000586. The summed E-state index contributed by atoms with van der Waals surface area (Å²) in [5, 5.41) is 0. The lowest BCUT2D eigenvalue weighted by Gasteiger charge is -2.31. The summed E-state index contributed by atoms with van der Waals surface area (Å²) in [4.78, 5) is 11.7. The van der Waals surface area contributed by atoms with Crippen LogP contribution in [0.3, 0.4) is 0 Å². The number of ketones is 1. The number of allylic oxidation sites excluding steroid dienone is 1. The number of rotatable bonds is 3. The minimum atomic E-state index is -0.332. The number of hydrogen-bond acceptors (Lipinski definition) is 3. The average Bonchev–Trinajstić information content (AvgIpc) is 2.34. The zero-order valence-corrected chi connectivity index (χ0v) is 12.2. The van der Waals surface area contributed by atoms with Crippen molar-refractivity contribution in [1.82, 2.24) is 0 Å². The van der Waals surface area contributed by atoms with E-state index >= 15 is 0 Å². The van der Waals surface area contributed by atoms with Gasteiger partial charge in [0.2, 0.25) is 0 Å². The van der Waals surface area contributed by atoms with Gasteiger partial charge in [-0.2, -0.15) is 0 Å². The van der Waals surface area contributed by atoms with Gasteiger partial charge in [0.05, 0.1) is 12.7 Å². The zero-order chi connectivity index (χ0) is 14.2. The van der Waals surface area contributed by atoms with Crippen LogP contribution in [-0.2, 0) is 0 Å². The molecular weight excluding hydrogens is 240 g/mol. The fourth-order valence-corrected chi connectivity index (χ4v) is 2.44. The Kier molecular flexibility index (Phi) is 3.40. The maximum Gasteiger partial charge on any atom is 0.163 e. The average molecular weight is 260 g/mol.